The summed E-state index contributed by atoms with van der Waals surface area (Å²) in [6.07, 6.45) is 6.00. The van der Waals surface area contributed by atoms with Crippen LogP contribution < -0.4 is 5.32 Å². The predicted octanol–water partition coefficient (Wildman–Crippen LogP) is 3.73. The van der Waals surface area contributed by atoms with Gasteiger partial charge in [-0.15, -0.1) is 6.42 Å². The minimum absolute atomic E-state index is 0.153. The number of terminal acetylenes is 1. The van der Waals surface area contributed by atoms with Crippen LogP contribution in [0.4, 0.5) is 11.4 Å². The fourth-order valence-corrected chi connectivity index (χ4v) is 1.82. The topological polar surface area (TPSA) is 55.2 Å². The van der Waals surface area contributed by atoms with Crippen molar-refractivity contribution in [2.75, 3.05) is 5.32 Å². The number of rotatable bonds is 4. The number of hydrogen-bond acceptors (Lipinski definition) is 3. The molecule has 0 saturated carbocycles. The van der Waals surface area contributed by atoms with Gasteiger partial charge in [0.1, 0.15) is 0 Å². The van der Waals surface area contributed by atoms with Crippen LogP contribution in [0.3, 0.4) is 0 Å². The Morgan fingerprint density at radius 2 is 2.06 bits per heavy atom. The van der Waals surface area contributed by atoms with Crippen molar-refractivity contribution in [2.24, 2.45) is 0 Å². The second-order valence-corrected chi connectivity index (χ2v) is 4.13. The van der Waals surface area contributed by atoms with Crippen LogP contribution in [0, 0.1) is 22.5 Å². The van der Waals surface area contributed by atoms with Gasteiger partial charge in [0.2, 0.25) is 0 Å². The standard InChI is InChI=1S/C11H10Cl2N2O2/c1-3-7(4-2)14-11-9(12)5-8(15(16)17)6-10(11)13/h1,5-7,14H,4H2,2H3. The van der Waals surface area contributed by atoms with Crippen molar-refractivity contribution < 1.29 is 4.92 Å². The molecule has 0 saturated heterocycles. The monoisotopic (exact) mass is 272 g/mol. The molecular formula is C11H10Cl2N2O2. The lowest BCUT2D eigenvalue weighted by Crippen LogP contribution is -2.16. The zero-order chi connectivity index (χ0) is 13.0. The Hall–Kier alpha value is -1.44. The molecule has 1 unspecified atom stereocenters. The first-order chi connectivity index (χ1) is 7.99. The van der Waals surface area contributed by atoms with Crippen molar-refractivity contribution in [1.82, 2.24) is 0 Å². The highest BCUT2D eigenvalue weighted by Crippen LogP contribution is 2.35. The van der Waals surface area contributed by atoms with Gasteiger partial charge in [0, 0.05) is 12.1 Å². The molecule has 17 heavy (non-hydrogen) atoms. The molecule has 1 aromatic rings. The average Bonchev–Trinajstić information content (AvgIpc) is 2.28. The predicted molar refractivity (Wildman–Crippen MR) is 69.7 cm³/mol. The summed E-state index contributed by atoms with van der Waals surface area (Å²) < 4.78 is 0. The Labute approximate surface area is 109 Å². The zero-order valence-electron chi connectivity index (χ0n) is 9.04. The van der Waals surface area contributed by atoms with Crippen LogP contribution >= 0.6 is 23.2 Å². The molecule has 0 spiro atoms. The van der Waals surface area contributed by atoms with Crippen LogP contribution in [0.2, 0.25) is 10.0 Å². The Morgan fingerprint density at radius 1 is 1.53 bits per heavy atom. The third-order valence-corrected chi connectivity index (χ3v) is 2.76. The smallest absolute Gasteiger partial charge is 0.272 e. The lowest BCUT2D eigenvalue weighted by atomic mass is 10.2. The number of nitro groups is 1. The van der Waals surface area contributed by atoms with Crippen LogP contribution in [0.1, 0.15) is 13.3 Å². The maximum Gasteiger partial charge on any atom is 0.272 e. The van der Waals surface area contributed by atoms with Gasteiger partial charge < -0.3 is 5.32 Å². The second-order valence-electron chi connectivity index (χ2n) is 3.31. The van der Waals surface area contributed by atoms with Crippen molar-refractivity contribution in [3.05, 3.63) is 32.3 Å². The maximum atomic E-state index is 10.6. The summed E-state index contributed by atoms with van der Waals surface area (Å²) in [6, 6.07) is 2.25. The number of nitrogens with one attached hydrogen (secondary N) is 1. The van der Waals surface area contributed by atoms with E-state index >= 15 is 0 Å². The van der Waals surface area contributed by atoms with Gasteiger partial charge in [0.05, 0.1) is 26.7 Å². The van der Waals surface area contributed by atoms with Gasteiger partial charge in [0.25, 0.3) is 5.69 Å². The largest absolute Gasteiger partial charge is 0.369 e. The van der Waals surface area contributed by atoms with E-state index in [9.17, 15) is 10.1 Å². The van der Waals surface area contributed by atoms with Crippen LogP contribution in [0.25, 0.3) is 0 Å². The number of halogens is 2. The van der Waals surface area contributed by atoms with Crippen LogP contribution in [0.5, 0.6) is 0 Å². The fraction of sp³-hybridized carbons (Fsp3) is 0.273. The molecule has 0 aromatic heterocycles. The molecule has 6 heteroatoms. The summed E-state index contributed by atoms with van der Waals surface area (Å²) >= 11 is 11.8. The molecule has 0 amide bonds. The summed E-state index contributed by atoms with van der Waals surface area (Å²) in [5.41, 5.74) is 0.267. The SMILES string of the molecule is C#CC(CC)Nc1c(Cl)cc([N+](=O)[O-])cc1Cl. The molecule has 1 N–H and O–H groups in total. The Morgan fingerprint density at radius 3 is 2.41 bits per heavy atom. The van der Waals surface area contributed by atoms with Crippen LogP contribution in [-0.2, 0) is 0 Å². The van der Waals surface area contributed by atoms with Crippen LogP contribution in [0.15, 0.2) is 12.1 Å². The first-order valence-electron chi connectivity index (χ1n) is 4.85. The summed E-state index contributed by atoms with van der Waals surface area (Å²) in [5, 5.41) is 13.9. The molecule has 0 heterocycles. The quantitative estimate of drug-likeness (QED) is 0.516. The normalized spacial score (nSPS) is 11.6. The van der Waals surface area contributed by atoms with Gasteiger partial charge in [-0.05, 0) is 6.42 Å². The zero-order valence-corrected chi connectivity index (χ0v) is 10.5. The fourth-order valence-electron chi connectivity index (χ4n) is 1.24. The van der Waals surface area contributed by atoms with Gasteiger partial charge in [0.15, 0.2) is 0 Å². The minimum atomic E-state index is -0.556. The third kappa shape index (κ3) is 3.26. The minimum Gasteiger partial charge on any atom is -0.369 e. The van der Waals surface area contributed by atoms with E-state index in [0.29, 0.717) is 12.1 Å². The number of nitrogens with zero attached hydrogens (tertiary/aromatic N) is 1. The molecule has 0 radical (unpaired) electrons. The third-order valence-electron chi connectivity index (χ3n) is 2.17. The highest BCUT2D eigenvalue weighted by molar-refractivity contribution is 6.39. The molecule has 90 valence electrons. The van der Waals surface area contributed by atoms with Gasteiger partial charge >= 0.3 is 0 Å². The Balaban J connectivity index is 3.10. The lowest BCUT2D eigenvalue weighted by molar-refractivity contribution is -0.384. The number of nitro benzene ring substituents is 1. The molecule has 0 bridgehead atoms. The molecular weight excluding hydrogens is 263 g/mol. The van der Waals surface area contributed by atoms with Crippen LogP contribution in [-0.4, -0.2) is 11.0 Å². The van der Waals surface area contributed by atoms with E-state index < -0.39 is 4.92 Å². The molecule has 0 fully saturated rings. The van der Waals surface area contributed by atoms with Gasteiger partial charge in [-0.2, -0.15) is 0 Å². The van der Waals surface area contributed by atoms with E-state index in [-0.39, 0.29) is 21.8 Å². The number of anilines is 1. The molecule has 1 rings (SSSR count). The Kier molecular flexibility index (Phi) is 4.62. The summed E-state index contributed by atoms with van der Waals surface area (Å²) in [6.45, 7) is 1.91. The Bertz CT molecular complexity index is 460. The van der Waals surface area contributed by atoms with E-state index in [0.717, 1.165) is 0 Å². The summed E-state index contributed by atoms with van der Waals surface area (Å²) in [4.78, 5) is 10.0. The van der Waals surface area contributed by atoms with Crippen molar-refractivity contribution >= 4 is 34.6 Å². The molecule has 4 nitrogen and oxygen atoms in total. The second kappa shape index (κ2) is 5.76. The number of hydrogen-bond donors (Lipinski definition) is 1. The molecule has 1 aromatic carbocycles. The van der Waals surface area contributed by atoms with Gasteiger partial charge in [-0.25, -0.2) is 0 Å². The van der Waals surface area contributed by atoms with Crippen molar-refractivity contribution in [2.45, 2.75) is 19.4 Å². The highest BCUT2D eigenvalue weighted by atomic mass is 35.5. The number of non-ortho nitro benzene ring substituents is 1. The average molecular weight is 273 g/mol. The molecule has 0 aliphatic rings. The lowest BCUT2D eigenvalue weighted by Gasteiger charge is -2.14. The van der Waals surface area contributed by atoms with Crippen molar-refractivity contribution in [1.29, 1.82) is 0 Å². The highest BCUT2D eigenvalue weighted by Gasteiger charge is 2.15. The molecule has 0 aliphatic heterocycles. The van der Waals surface area contributed by atoms with E-state index in [1.807, 2.05) is 6.92 Å². The summed E-state index contributed by atoms with van der Waals surface area (Å²) in [5.74, 6) is 2.53. The summed E-state index contributed by atoms with van der Waals surface area (Å²) in [7, 11) is 0. The molecule has 0 aliphatic carbocycles. The van der Waals surface area contributed by atoms with Crippen molar-refractivity contribution in [3.8, 4) is 12.3 Å². The van der Waals surface area contributed by atoms with Gasteiger partial charge in [-0.1, -0.05) is 36.0 Å². The maximum absolute atomic E-state index is 10.6. The first-order valence-corrected chi connectivity index (χ1v) is 5.61. The molecule has 1 atom stereocenters. The first kappa shape index (κ1) is 13.6. The van der Waals surface area contributed by atoms with E-state index in [2.05, 4.69) is 11.2 Å². The van der Waals surface area contributed by atoms with E-state index in [4.69, 9.17) is 29.6 Å². The van der Waals surface area contributed by atoms with Gasteiger partial charge in [-0.3, -0.25) is 10.1 Å². The van der Waals surface area contributed by atoms with E-state index in [1.165, 1.54) is 12.1 Å². The van der Waals surface area contributed by atoms with Crippen molar-refractivity contribution in [3.63, 3.8) is 0 Å². The van der Waals surface area contributed by atoms with E-state index in [1.54, 1.807) is 0 Å². The number of benzene rings is 1.